The van der Waals surface area contributed by atoms with Crippen molar-refractivity contribution in [1.29, 1.82) is 0 Å². The normalized spacial score (nSPS) is 24.3. The van der Waals surface area contributed by atoms with Crippen molar-refractivity contribution in [2.24, 2.45) is 11.8 Å². The van der Waals surface area contributed by atoms with Crippen LogP contribution in [0.15, 0.2) is 0 Å². The van der Waals surface area contributed by atoms with E-state index in [1.54, 1.807) is 0 Å². The summed E-state index contributed by atoms with van der Waals surface area (Å²) in [6, 6.07) is 0. The summed E-state index contributed by atoms with van der Waals surface area (Å²) in [7, 11) is 0. The Balaban J connectivity index is 2.47. The van der Waals surface area contributed by atoms with E-state index in [9.17, 15) is 14.4 Å². The molecule has 0 heterocycles. The maximum Gasteiger partial charge on any atom is 0.307 e. The van der Waals surface area contributed by atoms with Gasteiger partial charge in [0.15, 0.2) is 5.12 Å². The van der Waals surface area contributed by atoms with Crippen LogP contribution in [-0.2, 0) is 14.4 Å². The van der Waals surface area contributed by atoms with Gasteiger partial charge in [-0.3, -0.25) is 14.4 Å². The van der Waals surface area contributed by atoms with Crippen LogP contribution < -0.4 is 0 Å². The van der Waals surface area contributed by atoms with Crippen LogP contribution in [0.3, 0.4) is 0 Å². The second kappa shape index (κ2) is 6.79. The zero-order valence-corrected chi connectivity index (χ0v) is 10.8. The van der Waals surface area contributed by atoms with E-state index >= 15 is 0 Å². The Labute approximate surface area is 105 Å². The molecule has 1 fully saturated rings. The zero-order valence-electron chi connectivity index (χ0n) is 9.98. The molecule has 1 aliphatic rings. The molecule has 0 aromatic heterocycles. The molecule has 1 N–H and O–H groups in total. The molecule has 4 nitrogen and oxygen atoms in total. The van der Waals surface area contributed by atoms with Gasteiger partial charge in [0.05, 0.1) is 5.92 Å². The predicted molar refractivity (Wildman–Crippen MR) is 65.8 cm³/mol. The molecule has 96 valence electrons. The van der Waals surface area contributed by atoms with Gasteiger partial charge in [-0.25, -0.2) is 0 Å². The summed E-state index contributed by atoms with van der Waals surface area (Å²) >= 11 is 1.13. The number of Topliss-reactive ketones (excluding diaryl/α,β-unsaturated/α-hetero) is 1. The van der Waals surface area contributed by atoms with Crippen LogP contribution >= 0.6 is 11.8 Å². The molecule has 1 aliphatic carbocycles. The molecule has 0 radical (unpaired) electrons. The molecule has 2 atom stereocenters. The maximum absolute atomic E-state index is 11.9. The standard InChI is InChI=1S/C12H18O4S/c1-8(13)17-7-6-11(14)9-4-2-3-5-10(9)12(15)16/h9-10H,2-7H2,1H3,(H,15,16). The molecular formula is C12H18O4S. The fourth-order valence-electron chi connectivity index (χ4n) is 2.29. The van der Waals surface area contributed by atoms with E-state index in [2.05, 4.69) is 0 Å². The van der Waals surface area contributed by atoms with Crippen molar-refractivity contribution in [1.82, 2.24) is 0 Å². The van der Waals surface area contributed by atoms with E-state index in [0.29, 0.717) is 25.0 Å². The SMILES string of the molecule is CC(=O)SCCC(=O)C1CCCCC1C(=O)O. The summed E-state index contributed by atoms with van der Waals surface area (Å²) in [5.41, 5.74) is 0. The molecule has 0 saturated heterocycles. The largest absolute Gasteiger partial charge is 0.481 e. The molecule has 5 heteroatoms. The molecule has 0 aromatic carbocycles. The van der Waals surface area contributed by atoms with Crippen molar-refractivity contribution >= 4 is 28.6 Å². The molecule has 0 spiro atoms. The highest BCUT2D eigenvalue weighted by molar-refractivity contribution is 8.13. The lowest BCUT2D eigenvalue weighted by molar-refractivity contribution is -0.148. The summed E-state index contributed by atoms with van der Waals surface area (Å²) in [6.45, 7) is 1.47. The third kappa shape index (κ3) is 4.50. The Morgan fingerprint density at radius 3 is 2.29 bits per heavy atom. The first kappa shape index (κ1) is 14.2. The first-order valence-corrected chi connectivity index (χ1v) is 6.90. The highest BCUT2D eigenvalue weighted by Gasteiger charge is 2.34. The highest BCUT2D eigenvalue weighted by Crippen LogP contribution is 2.31. The van der Waals surface area contributed by atoms with Gasteiger partial charge >= 0.3 is 5.97 Å². The molecule has 1 rings (SSSR count). The van der Waals surface area contributed by atoms with Gasteiger partial charge in [-0.1, -0.05) is 24.6 Å². The number of carboxylic acids is 1. The second-order valence-corrected chi connectivity index (χ2v) is 5.66. The molecule has 0 bridgehead atoms. The van der Waals surface area contributed by atoms with Crippen molar-refractivity contribution in [3.63, 3.8) is 0 Å². The Hall–Kier alpha value is -0.840. The van der Waals surface area contributed by atoms with Crippen molar-refractivity contribution in [3.8, 4) is 0 Å². The predicted octanol–water partition coefficient (Wildman–Crippen LogP) is 2.12. The Bertz CT molecular complexity index is 314. The Morgan fingerprint density at radius 2 is 1.76 bits per heavy atom. The summed E-state index contributed by atoms with van der Waals surface area (Å²) in [4.78, 5) is 33.7. The number of aliphatic carboxylic acids is 1. The van der Waals surface area contributed by atoms with Crippen molar-refractivity contribution in [2.75, 3.05) is 5.75 Å². The fraction of sp³-hybridized carbons (Fsp3) is 0.750. The number of ketones is 1. The summed E-state index contributed by atoms with van der Waals surface area (Å²) in [5, 5.41) is 9.06. The number of carboxylic acid groups (broad SMARTS) is 1. The van der Waals surface area contributed by atoms with Crippen LogP contribution in [0.25, 0.3) is 0 Å². The minimum Gasteiger partial charge on any atom is -0.481 e. The summed E-state index contributed by atoms with van der Waals surface area (Å²) < 4.78 is 0. The van der Waals surface area contributed by atoms with Crippen LogP contribution in [0.1, 0.15) is 39.0 Å². The second-order valence-electron chi connectivity index (χ2n) is 4.39. The number of hydrogen-bond donors (Lipinski definition) is 1. The van der Waals surface area contributed by atoms with E-state index in [1.165, 1.54) is 6.92 Å². The lowest BCUT2D eigenvalue weighted by Gasteiger charge is -2.27. The smallest absolute Gasteiger partial charge is 0.307 e. The monoisotopic (exact) mass is 258 g/mol. The number of carbonyl (C=O) groups is 3. The number of rotatable bonds is 5. The molecule has 17 heavy (non-hydrogen) atoms. The van der Waals surface area contributed by atoms with Crippen LogP contribution in [0.2, 0.25) is 0 Å². The van der Waals surface area contributed by atoms with Crippen LogP contribution in [0.4, 0.5) is 0 Å². The number of hydrogen-bond acceptors (Lipinski definition) is 4. The lowest BCUT2D eigenvalue weighted by Crippen LogP contribution is -2.32. The van der Waals surface area contributed by atoms with E-state index in [4.69, 9.17) is 5.11 Å². The van der Waals surface area contributed by atoms with E-state index in [1.807, 2.05) is 0 Å². The maximum atomic E-state index is 11.9. The van der Waals surface area contributed by atoms with Crippen molar-refractivity contribution < 1.29 is 19.5 Å². The van der Waals surface area contributed by atoms with Gasteiger partial charge in [-0.15, -0.1) is 0 Å². The van der Waals surface area contributed by atoms with Crippen LogP contribution in [-0.4, -0.2) is 27.7 Å². The van der Waals surface area contributed by atoms with Gasteiger partial charge in [0, 0.05) is 25.0 Å². The lowest BCUT2D eigenvalue weighted by atomic mass is 9.76. The molecule has 0 aromatic rings. The summed E-state index contributed by atoms with van der Waals surface area (Å²) in [6.07, 6.45) is 3.41. The fourth-order valence-corrected chi connectivity index (χ4v) is 2.88. The minimum absolute atomic E-state index is 0.00349. The van der Waals surface area contributed by atoms with Gasteiger partial charge in [-0.2, -0.15) is 0 Å². The molecule has 0 amide bonds. The minimum atomic E-state index is -0.859. The first-order valence-electron chi connectivity index (χ1n) is 5.91. The average Bonchev–Trinajstić information content (AvgIpc) is 2.28. The van der Waals surface area contributed by atoms with E-state index < -0.39 is 11.9 Å². The molecular weight excluding hydrogens is 240 g/mol. The van der Waals surface area contributed by atoms with Crippen LogP contribution in [0, 0.1) is 11.8 Å². The van der Waals surface area contributed by atoms with Crippen molar-refractivity contribution in [3.05, 3.63) is 0 Å². The molecule has 1 saturated carbocycles. The van der Waals surface area contributed by atoms with Gasteiger partial charge in [-0.05, 0) is 12.8 Å². The van der Waals surface area contributed by atoms with Gasteiger partial charge in [0.1, 0.15) is 5.78 Å². The van der Waals surface area contributed by atoms with Crippen LogP contribution in [0.5, 0.6) is 0 Å². The van der Waals surface area contributed by atoms with Gasteiger partial charge < -0.3 is 5.11 Å². The van der Waals surface area contributed by atoms with E-state index in [0.717, 1.165) is 24.6 Å². The number of carbonyl (C=O) groups excluding carboxylic acids is 2. The average molecular weight is 258 g/mol. The van der Waals surface area contributed by atoms with Gasteiger partial charge in [0.2, 0.25) is 0 Å². The highest BCUT2D eigenvalue weighted by atomic mass is 32.2. The Morgan fingerprint density at radius 1 is 1.18 bits per heavy atom. The number of thioether (sulfide) groups is 1. The quantitative estimate of drug-likeness (QED) is 0.817. The zero-order chi connectivity index (χ0) is 12.8. The third-order valence-electron chi connectivity index (χ3n) is 3.15. The first-order chi connectivity index (χ1) is 8.02. The molecule has 2 unspecified atom stereocenters. The third-order valence-corrected chi connectivity index (χ3v) is 3.97. The summed E-state index contributed by atoms with van der Waals surface area (Å²) in [5.74, 6) is -1.24. The van der Waals surface area contributed by atoms with E-state index in [-0.39, 0.29) is 16.8 Å². The van der Waals surface area contributed by atoms with Gasteiger partial charge in [0.25, 0.3) is 0 Å². The molecule has 0 aliphatic heterocycles. The topological polar surface area (TPSA) is 71.4 Å². The van der Waals surface area contributed by atoms with Crippen molar-refractivity contribution in [2.45, 2.75) is 39.0 Å². The Kier molecular flexibility index (Phi) is 5.68.